The van der Waals surface area contributed by atoms with Crippen LogP contribution in [0.25, 0.3) is 0 Å². The van der Waals surface area contributed by atoms with Gasteiger partial charge in [0.25, 0.3) is 0 Å². The molecule has 0 aliphatic carbocycles. The van der Waals surface area contributed by atoms with Gasteiger partial charge in [0.1, 0.15) is 0 Å². The Morgan fingerprint density at radius 1 is 1.44 bits per heavy atom. The zero-order valence-corrected chi connectivity index (χ0v) is 11.3. The molecule has 1 rings (SSSR count). The molecule has 0 bridgehead atoms. The Morgan fingerprint density at radius 2 is 2.12 bits per heavy atom. The molecule has 0 aromatic rings. The Bertz CT molecular complexity index is 206. The molecule has 1 fully saturated rings. The molecule has 1 heterocycles. The lowest BCUT2D eigenvalue weighted by Crippen LogP contribution is -2.49. The fraction of sp³-hybridized carbons (Fsp3) is 1.00. The minimum Gasteiger partial charge on any atom is -0.396 e. The molecular weight excluding hydrogens is 200 g/mol. The summed E-state index contributed by atoms with van der Waals surface area (Å²) in [5, 5.41) is 12.7. The molecule has 3 nitrogen and oxygen atoms in total. The number of hydrogen-bond acceptors (Lipinski definition) is 3. The molecule has 2 atom stereocenters. The van der Waals surface area contributed by atoms with Crippen LogP contribution in [0.3, 0.4) is 0 Å². The van der Waals surface area contributed by atoms with Crippen molar-refractivity contribution in [2.45, 2.75) is 39.7 Å². The van der Waals surface area contributed by atoms with Gasteiger partial charge in [0.2, 0.25) is 0 Å². The molecule has 0 saturated carbocycles. The molecule has 0 amide bonds. The minimum atomic E-state index is 0.206. The van der Waals surface area contributed by atoms with Crippen molar-refractivity contribution in [1.82, 2.24) is 10.2 Å². The fourth-order valence-corrected chi connectivity index (χ4v) is 2.46. The van der Waals surface area contributed by atoms with Gasteiger partial charge in [-0.2, -0.15) is 0 Å². The van der Waals surface area contributed by atoms with E-state index in [1.165, 1.54) is 19.5 Å². The summed E-state index contributed by atoms with van der Waals surface area (Å²) in [7, 11) is 2.20. The van der Waals surface area contributed by atoms with Gasteiger partial charge in [0.15, 0.2) is 0 Å². The van der Waals surface area contributed by atoms with Crippen LogP contribution in [-0.4, -0.2) is 49.3 Å². The van der Waals surface area contributed by atoms with Crippen LogP contribution in [0, 0.1) is 11.3 Å². The molecule has 96 valence electrons. The number of nitrogens with one attached hydrogen (secondary N) is 1. The monoisotopic (exact) mass is 228 g/mol. The first-order valence-corrected chi connectivity index (χ1v) is 6.47. The number of nitrogens with zero attached hydrogens (tertiary/aromatic N) is 1. The first-order valence-electron chi connectivity index (χ1n) is 6.47. The van der Waals surface area contributed by atoms with Crippen molar-refractivity contribution in [1.29, 1.82) is 0 Å². The molecule has 2 unspecified atom stereocenters. The fourth-order valence-electron chi connectivity index (χ4n) is 2.46. The second kappa shape index (κ2) is 5.99. The second-order valence-electron chi connectivity index (χ2n) is 6.15. The quantitative estimate of drug-likeness (QED) is 0.745. The van der Waals surface area contributed by atoms with Crippen LogP contribution >= 0.6 is 0 Å². The summed E-state index contributed by atoms with van der Waals surface area (Å²) in [6, 6.07) is 0.647. The number of hydrogen-bond donors (Lipinski definition) is 2. The van der Waals surface area contributed by atoms with E-state index in [9.17, 15) is 0 Å². The molecule has 1 aliphatic rings. The molecule has 2 N–H and O–H groups in total. The van der Waals surface area contributed by atoms with Crippen molar-refractivity contribution >= 4 is 0 Å². The van der Waals surface area contributed by atoms with E-state index in [0.29, 0.717) is 6.04 Å². The number of piperidine rings is 1. The van der Waals surface area contributed by atoms with Crippen LogP contribution < -0.4 is 5.32 Å². The van der Waals surface area contributed by atoms with Gasteiger partial charge in [-0.25, -0.2) is 0 Å². The minimum absolute atomic E-state index is 0.206. The number of likely N-dealkylation sites (tertiary alicyclic amines) is 1. The summed E-state index contributed by atoms with van der Waals surface area (Å²) in [5.74, 6) is 0.726. The second-order valence-corrected chi connectivity index (χ2v) is 6.15. The van der Waals surface area contributed by atoms with Crippen molar-refractivity contribution < 1.29 is 5.11 Å². The SMILES string of the molecule is CC1CN(C)CCC1NCC(C)(C)CCO. The van der Waals surface area contributed by atoms with Gasteiger partial charge in [0.05, 0.1) is 0 Å². The van der Waals surface area contributed by atoms with Crippen LogP contribution in [-0.2, 0) is 0 Å². The summed E-state index contributed by atoms with van der Waals surface area (Å²) in [4.78, 5) is 2.40. The van der Waals surface area contributed by atoms with Gasteiger partial charge >= 0.3 is 0 Å². The lowest BCUT2D eigenvalue weighted by Gasteiger charge is -2.37. The predicted molar refractivity (Wildman–Crippen MR) is 68.6 cm³/mol. The third kappa shape index (κ3) is 4.40. The van der Waals surface area contributed by atoms with E-state index in [4.69, 9.17) is 5.11 Å². The zero-order valence-electron chi connectivity index (χ0n) is 11.3. The van der Waals surface area contributed by atoms with Crippen LogP contribution in [0.1, 0.15) is 33.6 Å². The normalized spacial score (nSPS) is 28.3. The molecule has 1 aliphatic heterocycles. The maximum absolute atomic E-state index is 8.99. The Hall–Kier alpha value is -0.120. The maximum atomic E-state index is 8.99. The van der Waals surface area contributed by atoms with E-state index in [2.05, 4.69) is 38.0 Å². The topological polar surface area (TPSA) is 35.5 Å². The molecule has 0 spiro atoms. The van der Waals surface area contributed by atoms with Gasteiger partial charge in [-0.3, -0.25) is 0 Å². The van der Waals surface area contributed by atoms with Crippen LogP contribution in [0.15, 0.2) is 0 Å². The van der Waals surface area contributed by atoms with Crippen molar-refractivity contribution in [3.63, 3.8) is 0 Å². The van der Waals surface area contributed by atoms with E-state index in [1.807, 2.05) is 0 Å². The highest BCUT2D eigenvalue weighted by atomic mass is 16.3. The van der Waals surface area contributed by atoms with Crippen molar-refractivity contribution in [2.75, 3.05) is 33.3 Å². The Labute approximate surface area is 100 Å². The van der Waals surface area contributed by atoms with Crippen molar-refractivity contribution in [2.24, 2.45) is 11.3 Å². The average Bonchev–Trinajstić information content (AvgIpc) is 2.16. The molecular formula is C13H28N2O. The van der Waals surface area contributed by atoms with E-state index < -0.39 is 0 Å². The molecule has 16 heavy (non-hydrogen) atoms. The van der Waals surface area contributed by atoms with Crippen LogP contribution in [0.5, 0.6) is 0 Å². The lowest BCUT2D eigenvalue weighted by atomic mass is 9.87. The molecule has 1 saturated heterocycles. The van der Waals surface area contributed by atoms with Crippen LogP contribution in [0.4, 0.5) is 0 Å². The third-order valence-corrected chi connectivity index (χ3v) is 3.74. The van der Waals surface area contributed by atoms with E-state index in [-0.39, 0.29) is 12.0 Å². The van der Waals surface area contributed by atoms with Crippen molar-refractivity contribution in [3.8, 4) is 0 Å². The van der Waals surface area contributed by atoms with Gasteiger partial charge in [-0.1, -0.05) is 20.8 Å². The summed E-state index contributed by atoms with van der Waals surface area (Å²) in [6.45, 7) is 10.4. The largest absolute Gasteiger partial charge is 0.396 e. The van der Waals surface area contributed by atoms with Gasteiger partial charge in [0, 0.05) is 25.7 Å². The smallest absolute Gasteiger partial charge is 0.0436 e. The van der Waals surface area contributed by atoms with Gasteiger partial charge in [-0.15, -0.1) is 0 Å². The highest BCUT2D eigenvalue weighted by Crippen LogP contribution is 2.21. The Balaban J connectivity index is 2.32. The highest BCUT2D eigenvalue weighted by Gasteiger charge is 2.26. The average molecular weight is 228 g/mol. The summed E-state index contributed by atoms with van der Waals surface area (Å²) in [5.41, 5.74) is 0.206. The Morgan fingerprint density at radius 3 is 2.69 bits per heavy atom. The number of aliphatic hydroxyl groups is 1. The molecule has 0 radical (unpaired) electrons. The van der Waals surface area contributed by atoms with E-state index >= 15 is 0 Å². The Kier molecular flexibility index (Phi) is 5.22. The standard InChI is InChI=1S/C13H28N2O/c1-11-9-15(4)7-5-12(11)14-10-13(2,3)6-8-16/h11-12,14,16H,5-10H2,1-4H3. The highest BCUT2D eigenvalue weighted by molar-refractivity contribution is 4.83. The summed E-state index contributed by atoms with van der Waals surface area (Å²) < 4.78 is 0. The lowest BCUT2D eigenvalue weighted by molar-refractivity contribution is 0.152. The zero-order chi connectivity index (χ0) is 12.2. The molecule has 3 heteroatoms. The first-order chi connectivity index (χ1) is 7.44. The molecule has 0 aromatic carbocycles. The third-order valence-electron chi connectivity index (χ3n) is 3.74. The van der Waals surface area contributed by atoms with Gasteiger partial charge in [-0.05, 0) is 37.8 Å². The summed E-state index contributed by atoms with van der Waals surface area (Å²) >= 11 is 0. The number of rotatable bonds is 5. The maximum Gasteiger partial charge on any atom is 0.0436 e. The van der Waals surface area contributed by atoms with Gasteiger partial charge < -0.3 is 15.3 Å². The van der Waals surface area contributed by atoms with Crippen LogP contribution in [0.2, 0.25) is 0 Å². The predicted octanol–water partition coefficient (Wildman–Crippen LogP) is 1.32. The van der Waals surface area contributed by atoms with Crippen molar-refractivity contribution in [3.05, 3.63) is 0 Å². The number of aliphatic hydroxyl groups excluding tert-OH is 1. The van der Waals surface area contributed by atoms with E-state index in [0.717, 1.165) is 18.9 Å². The van der Waals surface area contributed by atoms with E-state index in [1.54, 1.807) is 0 Å². The summed E-state index contributed by atoms with van der Waals surface area (Å²) in [6.07, 6.45) is 2.12. The first kappa shape index (κ1) is 13.9. The molecule has 0 aromatic heterocycles.